The van der Waals surface area contributed by atoms with Gasteiger partial charge in [-0.1, -0.05) is 11.6 Å². The van der Waals surface area contributed by atoms with Crippen LogP contribution in [0.1, 0.15) is 31.7 Å². The van der Waals surface area contributed by atoms with Gasteiger partial charge >= 0.3 is 6.18 Å². The number of carbonyl (C=O) groups is 1. The number of pyridine rings is 1. The van der Waals surface area contributed by atoms with Crippen molar-refractivity contribution in [3.63, 3.8) is 0 Å². The van der Waals surface area contributed by atoms with E-state index in [9.17, 15) is 18.0 Å². The number of nitrogens with zero attached hydrogens (tertiary/aromatic N) is 1. The molecule has 2 atom stereocenters. The normalized spacial score (nSPS) is 19.7. The van der Waals surface area contributed by atoms with E-state index < -0.39 is 11.7 Å². The van der Waals surface area contributed by atoms with Crippen LogP contribution in [-0.2, 0) is 11.0 Å². The highest BCUT2D eigenvalue weighted by molar-refractivity contribution is 6.32. The van der Waals surface area contributed by atoms with Gasteiger partial charge in [-0.15, -0.1) is 24.8 Å². The molecule has 3 N–H and O–H groups in total. The van der Waals surface area contributed by atoms with Crippen LogP contribution < -0.4 is 16.0 Å². The molecule has 1 fully saturated rings. The molecule has 0 radical (unpaired) electrons. The third kappa shape index (κ3) is 7.73. The van der Waals surface area contributed by atoms with E-state index in [1.54, 1.807) is 0 Å². The second-order valence-corrected chi connectivity index (χ2v) is 6.28. The molecule has 1 aromatic rings. The fourth-order valence-electron chi connectivity index (χ4n) is 2.58. The van der Waals surface area contributed by atoms with Crippen molar-refractivity contribution in [2.24, 2.45) is 0 Å². The topological polar surface area (TPSA) is 66.0 Å². The first-order valence-electron chi connectivity index (χ1n) is 7.75. The molecule has 1 amide bonds. The molecule has 26 heavy (non-hydrogen) atoms. The van der Waals surface area contributed by atoms with Crippen molar-refractivity contribution >= 4 is 48.1 Å². The van der Waals surface area contributed by atoms with Gasteiger partial charge in [0.05, 0.1) is 10.6 Å². The summed E-state index contributed by atoms with van der Waals surface area (Å²) in [6.45, 7) is 3.18. The molecule has 2 heterocycles. The number of piperidine rings is 1. The minimum atomic E-state index is -4.49. The molecule has 1 aromatic heterocycles. The predicted molar refractivity (Wildman–Crippen MR) is 100 cm³/mol. The van der Waals surface area contributed by atoms with Crippen LogP contribution in [0.15, 0.2) is 12.3 Å². The van der Waals surface area contributed by atoms with E-state index in [4.69, 9.17) is 11.6 Å². The van der Waals surface area contributed by atoms with Crippen molar-refractivity contribution < 1.29 is 18.0 Å². The molecule has 0 spiro atoms. The molecule has 1 aliphatic rings. The molecule has 5 nitrogen and oxygen atoms in total. The molecule has 2 rings (SSSR count). The van der Waals surface area contributed by atoms with Crippen molar-refractivity contribution in [3.8, 4) is 0 Å². The second kappa shape index (κ2) is 11.0. The summed E-state index contributed by atoms with van der Waals surface area (Å²) in [6.07, 6.45) is -1.82. The van der Waals surface area contributed by atoms with Crippen LogP contribution in [-0.4, -0.2) is 36.1 Å². The maximum Gasteiger partial charge on any atom is 0.417 e. The van der Waals surface area contributed by atoms with Gasteiger partial charge in [0.1, 0.15) is 5.82 Å². The van der Waals surface area contributed by atoms with Crippen LogP contribution in [0.4, 0.5) is 19.0 Å². The number of hydrogen-bond acceptors (Lipinski definition) is 4. The van der Waals surface area contributed by atoms with E-state index in [2.05, 4.69) is 27.9 Å². The SMILES string of the molecule is CC1CC(NC(=O)CCNc2ncc(C(F)(F)F)cc2Cl)CCN1.Cl.Cl. The fourth-order valence-corrected chi connectivity index (χ4v) is 2.81. The number of rotatable bonds is 5. The highest BCUT2D eigenvalue weighted by Crippen LogP contribution is 2.32. The van der Waals surface area contributed by atoms with E-state index in [-0.39, 0.29) is 60.6 Å². The Balaban J connectivity index is 0.00000312. The first kappa shape index (κ1) is 25.0. The van der Waals surface area contributed by atoms with E-state index in [1.165, 1.54) is 0 Å². The minimum absolute atomic E-state index is 0. The molecule has 11 heteroatoms. The number of amides is 1. The van der Waals surface area contributed by atoms with Gasteiger partial charge in [-0.05, 0) is 32.4 Å². The van der Waals surface area contributed by atoms with Crippen molar-refractivity contribution in [3.05, 3.63) is 22.8 Å². The Morgan fingerprint density at radius 3 is 2.69 bits per heavy atom. The Kier molecular flexibility index (Phi) is 10.6. The average molecular weight is 438 g/mol. The fraction of sp³-hybridized carbons (Fsp3) is 0.600. The molecule has 1 saturated heterocycles. The van der Waals surface area contributed by atoms with Crippen LogP contribution in [0.5, 0.6) is 0 Å². The van der Waals surface area contributed by atoms with Gasteiger partial charge < -0.3 is 16.0 Å². The van der Waals surface area contributed by atoms with Crippen LogP contribution in [0.3, 0.4) is 0 Å². The van der Waals surface area contributed by atoms with Gasteiger partial charge in [-0.25, -0.2) is 4.98 Å². The Hall–Kier alpha value is -0.960. The van der Waals surface area contributed by atoms with Crippen molar-refractivity contribution in [2.75, 3.05) is 18.4 Å². The quantitative estimate of drug-likeness (QED) is 0.658. The van der Waals surface area contributed by atoms with E-state index in [0.29, 0.717) is 12.2 Å². The summed E-state index contributed by atoms with van der Waals surface area (Å²) in [4.78, 5) is 15.6. The molecular formula is C15H22Cl3F3N4O. The lowest BCUT2D eigenvalue weighted by Gasteiger charge is -2.28. The van der Waals surface area contributed by atoms with Crippen molar-refractivity contribution in [2.45, 2.75) is 44.4 Å². The Morgan fingerprint density at radius 2 is 2.12 bits per heavy atom. The number of alkyl halides is 3. The standard InChI is InChI=1S/C15H20ClF3N4O.2ClH/c1-9-6-11(2-4-20-9)23-13(24)3-5-21-14-12(16)7-10(8-22-14)15(17,18)19;;/h7-9,11,20H,2-6H2,1H3,(H,21,22)(H,23,24);2*1H. The minimum Gasteiger partial charge on any atom is -0.368 e. The van der Waals surface area contributed by atoms with Gasteiger partial charge in [0, 0.05) is 31.2 Å². The first-order valence-corrected chi connectivity index (χ1v) is 8.13. The Labute approximate surface area is 167 Å². The third-order valence-corrected chi connectivity index (χ3v) is 4.09. The maximum atomic E-state index is 12.5. The average Bonchev–Trinajstić information content (AvgIpc) is 2.48. The van der Waals surface area contributed by atoms with Crippen LogP contribution in [0, 0.1) is 0 Å². The van der Waals surface area contributed by atoms with Crippen LogP contribution >= 0.6 is 36.4 Å². The maximum absolute atomic E-state index is 12.5. The zero-order chi connectivity index (χ0) is 17.7. The van der Waals surface area contributed by atoms with E-state index in [1.807, 2.05) is 0 Å². The van der Waals surface area contributed by atoms with Gasteiger partial charge in [0.2, 0.25) is 5.91 Å². The summed E-state index contributed by atoms with van der Waals surface area (Å²) in [5.74, 6) is 0.0255. The molecule has 2 unspecified atom stereocenters. The largest absolute Gasteiger partial charge is 0.417 e. The Morgan fingerprint density at radius 1 is 1.42 bits per heavy atom. The summed E-state index contributed by atoms with van der Waals surface area (Å²) >= 11 is 5.79. The van der Waals surface area contributed by atoms with Crippen LogP contribution in [0.2, 0.25) is 5.02 Å². The van der Waals surface area contributed by atoms with Gasteiger partial charge in [-0.3, -0.25) is 4.79 Å². The molecule has 0 aromatic carbocycles. The number of halogens is 6. The lowest BCUT2D eigenvalue weighted by molar-refractivity contribution is -0.137. The van der Waals surface area contributed by atoms with Gasteiger partial charge in [-0.2, -0.15) is 13.2 Å². The summed E-state index contributed by atoms with van der Waals surface area (Å²) in [5.41, 5.74) is -0.907. The second-order valence-electron chi connectivity index (χ2n) is 5.87. The zero-order valence-corrected chi connectivity index (χ0v) is 16.4. The van der Waals surface area contributed by atoms with Gasteiger partial charge in [0.25, 0.3) is 0 Å². The number of anilines is 1. The van der Waals surface area contributed by atoms with Crippen molar-refractivity contribution in [1.82, 2.24) is 15.6 Å². The van der Waals surface area contributed by atoms with E-state index >= 15 is 0 Å². The molecule has 150 valence electrons. The summed E-state index contributed by atoms with van der Waals surface area (Å²) in [6, 6.07) is 1.34. The number of nitrogens with one attached hydrogen (secondary N) is 3. The van der Waals surface area contributed by atoms with Crippen molar-refractivity contribution in [1.29, 1.82) is 0 Å². The zero-order valence-electron chi connectivity index (χ0n) is 14.0. The van der Waals surface area contributed by atoms with Gasteiger partial charge in [0.15, 0.2) is 0 Å². The summed E-state index contributed by atoms with van der Waals surface area (Å²) in [7, 11) is 0. The molecule has 1 aliphatic heterocycles. The van der Waals surface area contributed by atoms with E-state index in [0.717, 1.165) is 25.5 Å². The van der Waals surface area contributed by atoms with Crippen LogP contribution in [0.25, 0.3) is 0 Å². The molecule has 0 aliphatic carbocycles. The third-order valence-electron chi connectivity index (χ3n) is 3.80. The summed E-state index contributed by atoms with van der Waals surface area (Å²) < 4.78 is 37.6. The highest BCUT2D eigenvalue weighted by atomic mass is 35.5. The lowest BCUT2D eigenvalue weighted by atomic mass is 10.0. The predicted octanol–water partition coefficient (Wildman–Crippen LogP) is 3.66. The highest BCUT2D eigenvalue weighted by Gasteiger charge is 2.31. The first-order chi connectivity index (χ1) is 11.3. The monoisotopic (exact) mass is 436 g/mol. The number of aromatic nitrogens is 1. The molecule has 0 bridgehead atoms. The smallest absolute Gasteiger partial charge is 0.368 e. The molecular weight excluding hydrogens is 416 g/mol. The number of carbonyl (C=O) groups excluding carboxylic acids is 1. The Bertz CT molecular complexity index is 590. The number of hydrogen-bond donors (Lipinski definition) is 3. The summed E-state index contributed by atoms with van der Waals surface area (Å²) in [5, 5.41) is 8.92. The molecule has 0 saturated carbocycles. The lowest BCUT2D eigenvalue weighted by Crippen LogP contribution is -2.46.